The minimum atomic E-state index is 0.191. The third kappa shape index (κ3) is 2.63. The van der Waals surface area contributed by atoms with Crippen LogP contribution >= 0.6 is 0 Å². The van der Waals surface area contributed by atoms with Crippen molar-refractivity contribution in [2.75, 3.05) is 18.5 Å². The van der Waals surface area contributed by atoms with Crippen molar-refractivity contribution in [2.45, 2.75) is 33.1 Å². The molecule has 0 atom stereocenters. The lowest BCUT2D eigenvalue weighted by molar-refractivity contribution is 0.292. The van der Waals surface area contributed by atoms with Crippen LogP contribution in [0, 0.1) is 6.92 Å². The molecule has 1 heterocycles. The number of nitrogens with zero attached hydrogens (tertiary/aromatic N) is 2. The molecule has 0 saturated carbocycles. The molecule has 0 amide bonds. The average molecular weight is 283 g/mol. The monoisotopic (exact) mass is 283 g/mol. The van der Waals surface area contributed by atoms with Crippen molar-refractivity contribution in [3.63, 3.8) is 0 Å². The quantitative estimate of drug-likeness (QED) is 0.707. The molecule has 0 aliphatic heterocycles. The first-order valence-electron chi connectivity index (χ1n) is 7.57. The second kappa shape index (κ2) is 5.82. The first kappa shape index (κ1) is 14.0. The number of hydrogen-bond donors (Lipinski definition) is 2. The van der Waals surface area contributed by atoms with Gasteiger partial charge in [0.1, 0.15) is 11.6 Å². The second-order valence-corrected chi connectivity index (χ2v) is 5.51. The fourth-order valence-corrected chi connectivity index (χ4v) is 2.83. The van der Waals surface area contributed by atoms with E-state index in [1.165, 1.54) is 16.7 Å². The van der Waals surface area contributed by atoms with Gasteiger partial charge in [-0.2, -0.15) is 0 Å². The van der Waals surface area contributed by atoms with Crippen LogP contribution in [0.1, 0.15) is 36.0 Å². The molecular formula is C17H21N3O. The molecule has 1 aliphatic carbocycles. The van der Waals surface area contributed by atoms with Crippen LogP contribution in [-0.2, 0) is 12.8 Å². The molecule has 2 aromatic rings. The van der Waals surface area contributed by atoms with Crippen molar-refractivity contribution in [3.05, 3.63) is 40.8 Å². The number of nitrogens with one attached hydrogen (secondary N) is 1. The minimum Gasteiger partial charge on any atom is -0.396 e. The summed E-state index contributed by atoms with van der Waals surface area (Å²) in [5.41, 5.74) is 6.11. The fraction of sp³-hybridized carbons (Fsp3) is 0.412. The maximum Gasteiger partial charge on any atom is 0.137 e. The Morgan fingerprint density at radius 3 is 2.90 bits per heavy atom. The standard InChI is InChI=1S/C17H21N3O/c1-3-15-19-14-10-12-9-11(2)5-6-13(12)16(14)17(20-15)18-7-4-8-21/h5-6,9,21H,3-4,7-8,10H2,1-2H3,(H,18,19,20). The highest BCUT2D eigenvalue weighted by Gasteiger charge is 2.24. The summed E-state index contributed by atoms with van der Waals surface area (Å²) in [6, 6.07) is 6.54. The predicted octanol–water partition coefficient (Wildman–Crippen LogP) is 2.71. The molecule has 0 radical (unpaired) electrons. The van der Waals surface area contributed by atoms with E-state index < -0.39 is 0 Å². The summed E-state index contributed by atoms with van der Waals surface area (Å²) in [6.45, 7) is 5.11. The molecule has 4 heteroatoms. The van der Waals surface area contributed by atoms with Crippen LogP contribution in [0.4, 0.5) is 5.82 Å². The number of aliphatic hydroxyl groups is 1. The fourth-order valence-electron chi connectivity index (χ4n) is 2.83. The van der Waals surface area contributed by atoms with Gasteiger partial charge < -0.3 is 10.4 Å². The van der Waals surface area contributed by atoms with Gasteiger partial charge >= 0.3 is 0 Å². The van der Waals surface area contributed by atoms with Gasteiger partial charge in [-0.1, -0.05) is 30.7 Å². The third-order valence-electron chi connectivity index (χ3n) is 3.86. The van der Waals surface area contributed by atoms with E-state index in [2.05, 4.69) is 42.3 Å². The summed E-state index contributed by atoms with van der Waals surface area (Å²) in [7, 11) is 0. The summed E-state index contributed by atoms with van der Waals surface area (Å²) in [4.78, 5) is 9.36. The van der Waals surface area contributed by atoms with Crippen LogP contribution in [0.2, 0.25) is 0 Å². The van der Waals surface area contributed by atoms with E-state index in [-0.39, 0.29) is 6.61 Å². The zero-order valence-corrected chi connectivity index (χ0v) is 12.6. The maximum atomic E-state index is 8.95. The van der Waals surface area contributed by atoms with E-state index in [1.807, 2.05) is 0 Å². The number of fused-ring (bicyclic) bond motifs is 3. The Balaban J connectivity index is 2.04. The van der Waals surface area contributed by atoms with Gasteiger partial charge in [-0.3, -0.25) is 0 Å². The molecule has 0 unspecified atom stereocenters. The molecule has 3 rings (SSSR count). The minimum absolute atomic E-state index is 0.191. The first-order chi connectivity index (χ1) is 10.2. The largest absolute Gasteiger partial charge is 0.396 e. The van der Waals surface area contributed by atoms with Gasteiger partial charge in [0, 0.05) is 31.6 Å². The molecule has 0 bridgehead atoms. The summed E-state index contributed by atoms with van der Waals surface area (Å²) in [6.07, 6.45) is 2.44. The highest BCUT2D eigenvalue weighted by atomic mass is 16.3. The number of benzene rings is 1. The van der Waals surface area contributed by atoms with Crippen molar-refractivity contribution in [1.82, 2.24) is 9.97 Å². The first-order valence-corrected chi connectivity index (χ1v) is 7.57. The molecule has 2 N–H and O–H groups in total. The molecule has 4 nitrogen and oxygen atoms in total. The molecule has 110 valence electrons. The molecule has 21 heavy (non-hydrogen) atoms. The summed E-state index contributed by atoms with van der Waals surface area (Å²) >= 11 is 0. The van der Waals surface area contributed by atoms with E-state index in [9.17, 15) is 0 Å². The zero-order valence-electron chi connectivity index (χ0n) is 12.6. The SMILES string of the molecule is CCc1nc2c(c(NCCCO)n1)-c1ccc(C)cc1C2. The Kier molecular flexibility index (Phi) is 3.88. The van der Waals surface area contributed by atoms with E-state index in [0.717, 1.165) is 48.7 Å². The van der Waals surface area contributed by atoms with Crippen molar-refractivity contribution in [2.24, 2.45) is 0 Å². The normalized spacial score (nSPS) is 12.1. The maximum absolute atomic E-state index is 8.95. The Bertz CT molecular complexity index is 667. The smallest absolute Gasteiger partial charge is 0.137 e. The van der Waals surface area contributed by atoms with E-state index >= 15 is 0 Å². The molecule has 0 spiro atoms. The van der Waals surface area contributed by atoms with Gasteiger partial charge in [0.15, 0.2) is 0 Å². The number of aromatic nitrogens is 2. The number of aliphatic hydroxyl groups excluding tert-OH is 1. The van der Waals surface area contributed by atoms with E-state index in [1.54, 1.807) is 0 Å². The van der Waals surface area contributed by atoms with Crippen LogP contribution in [0.3, 0.4) is 0 Å². The number of hydrogen-bond acceptors (Lipinski definition) is 4. The number of aryl methyl sites for hydroxylation is 2. The topological polar surface area (TPSA) is 58.0 Å². The summed E-state index contributed by atoms with van der Waals surface area (Å²) in [5, 5.41) is 12.3. The average Bonchev–Trinajstić information content (AvgIpc) is 2.84. The Labute approximate surface area is 125 Å². The predicted molar refractivity (Wildman–Crippen MR) is 84.6 cm³/mol. The molecule has 1 aromatic heterocycles. The lowest BCUT2D eigenvalue weighted by Crippen LogP contribution is -2.09. The van der Waals surface area contributed by atoms with Crippen LogP contribution in [0.5, 0.6) is 0 Å². The highest BCUT2D eigenvalue weighted by Crippen LogP contribution is 2.40. The van der Waals surface area contributed by atoms with E-state index in [0.29, 0.717) is 0 Å². The van der Waals surface area contributed by atoms with Gasteiger partial charge in [0.05, 0.1) is 5.69 Å². The van der Waals surface area contributed by atoms with Crippen LogP contribution in [0.25, 0.3) is 11.1 Å². The van der Waals surface area contributed by atoms with Crippen molar-refractivity contribution in [3.8, 4) is 11.1 Å². The Hall–Kier alpha value is -1.94. The van der Waals surface area contributed by atoms with Gasteiger partial charge in [-0.15, -0.1) is 0 Å². The van der Waals surface area contributed by atoms with Crippen LogP contribution in [0.15, 0.2) is 18.2 Å². The number of anilines is 1. The van der Waals surface area contributed by atoms with Gasteiger partial charge in [0.2, 0.25) is 0 Å². The van der Waals surface area contributed by atoms with Gasteiger partial charge in [0.25, 0.3) is 0 Å². The Morgan fingerprint density at radius 2 is 2.14 bits per heavy atom. The molecule has 0 saturated heterocycles. The highest BCUT2D eigenvalue weighted by molar-refractivity contribution is 5.84. The molecule has 1 aliphatic rings. The van der Waals surface area contributed by atoms with E-state index in [4.69, 9.17) is 10.1 Å². The van der Waals surface area contributed by atoms with Crippen molar-refractivity contribution >= 4 is 5.82 Å². The van der Waals surface area contributed by atoms with Crippen molar-refractivity contribution < 1.29 is 5.11 Å². The number of rotatable bonds is 5. The third-order valence-corrected chi connectivity index (χ3v) is 3.86. The summed E-state index contributed by atoms with van der Waals surface area (Å²) < 4.78 is 0. The van der Waals surface area contributed by atoms with Gasteiger partial charge in [-0.25, -0.2) is 9.97 Å². The van der Waals surface area contributed by atoms with Crippen LogP contribution in [-0.4, -0.2) is 28.2 Å². The molecular weight excluding hydrogens is 262 g/mol. The van der Waals surface area contributed by atoms with Crippen molar-refractivity contribution in [1.29, 1.82) is 0 Å². The zero-order chi connectivity index (χ0) is 14.8. The van der Waals surface area contributed by atoms with Gasteiger partial charge in [-0.05, 0) is 24.5 Å². The lowest BCUT2D eigenvalue weighted by Gasteiger charge is -2.12. The Morgan fingerprint density at radius 1 is 1.29 bits per heavy atom. The van der Waals surface area contributed by atoms with Crippen LogP contribution < -0.4 is 5.32 Å². The summed E-state index contributed by atoms with van der Waals surface area (Å²) in [5.74, 6) is 1.79. The lowest BCUT2D eigenvalue weighted by atomic mass is 10.0. The molecule has 0 fully saturated rings. The second-order valence-electron chi connectivity index (χ2n) is 5.51. The molecule has 1 aromatic carbocycles.